The number of thioether (sulfide) groups is 1. The molecule has 0 bridgehead atoms. The van der Waals surface area contributed by atoms with E-state index in [0.29, 0.717) is 16.1 Å². The van der Waals surface area contributed by atoms with Gasteiger partial charge in [-0.2, -0.15) is 0 Å². The maximum atomic E-state index is 14.3. The molecule has 0 saturated heterocycles. The highest BCUT2D eigenvalue weighted by atomic mass is 32.2. The minimum Gasteiger partial charge on any atom is -0.322 e. The fraction of sp³-hybridized carbons (Fsp3) is 0.0294. The van der Waals surface area contributed by atoms with Crippen LogP contribution in [0, 0.1) is 5.82 Å². The van der Waals surface area contributed by atoms with Gasteiger partial charge in [0, 0.05) is 21.0 Å². The maximum absolute atomic E-state index is 14.3. The van der Waals surface area contributed by atoms with Crippen molar-refractivity contribution in [2.45, 2.75) is 10.1 Å². The van der Waals surface area contributed by atoms with E-state index in [9.17, 15) is 18.8 Å². The Labute approximate surface area is 256 Å². The normalized spacial score (nSPS) is 11.8. The number of nitrogens with one attached hydrogen (secondary N) is 3. The van der Waals surface area contributed by atoms with Gasteiger partial charge < -0.3 is 16.0 Å². The van der Waals surface area contributed by atoms with E-state index in [1.807, 2.05) is 60.0 Å². The Bertz CT molecular complexity index is 1740. The number of amides is 3. The highest BCUT2D eigenvalue weighted by molar-refractivity contribution is 8.00. The lowest BCUT2D eigenvalue weighted by Crippen LogP contribution is -2.30. The summed E-state index contributed by atoms with van der Waals surface area (Å²) in [5, 5.41) is 9.46. The van der Waals surface area contributed by atoms with Gasteiger partial charge in [-0.3, -0.25) is 14.4 Å². The van der Waals surface area contributed by atoms with Crippen LogP contribution in [0.25, 0.3) is 6.08 Å². The molecule has 1 unspecified atom stereocenters. The largest absolute Gasteiger partial charge is 0.322 e. The van der Waals surface area contributed by atoms with Gasteiger partial charge in [0.05, 0.1) is 5.69 Å². The Hall–Kier alpha value is -4.99. The molecule has 6 nitrogen and oxygen atoms in total. The van der Waals surface area contributed by atoms with Gasteiger partial charge in [-0.15, -0.1) is 23.1 Å². The van der Waals surface area contributed by atoms with Gasteiger partial charge >= 0.3 is 0 Å². The smallest absolute Gasteiger partial charge is 0.272 e. The Morgan fingerprint density at radius 1 is 0.767 bits per heavy atom. The Morgan fingerprint density at radius 2 is 1.49 bits per heavy atom. The predicted octanol–water partition coefficient (Wildman–Crippen LogP) is 7.77. The summed E-state index contributed by atoms with van der Waals surface area (Å²) in [6.07, 6.45) is 1.62. The topological polar surface area (TPSA) is 87.3 Å². The van der Waals surface area contributed by atoms with Crippen LogP contribution >= 0.6 is 23.1 Å². The van der Waals surface area contributed by atoms with Crippen molar-refractivity contribution in [2.24, 2.45) is 0 Å². The molecule has 5 rings (SSSR count). The van der Waals surface area contributed by atoms with Crippen LogP contribution in [0.5, 0.6) is 0 Å². The highest BCUT2D eigenvalue weighted by Crippen LogP contribution is 2.37. The van der Waals surface area contributed by atoms with Crippen molar-refractivity contribution in [3.63, 3.8) is 0 Å². The van der Waals surface area contributed by atoms with Crippen molar-refractivity contribution in [3.05, 3.63) is 154 Å². The fourth-order valence-corrected chi connectivity index (χ4v) is 5.84. The summed E-state index contributed by atoms with van der Waals surface area (Å²) >= 11 is 2.70. The van der Waals surface area contributed by atoms with Crippen molar-refractivity contribution in [1.29, 1.82) is 0 Å². The number of carbonyl (C=O) groups excluding carboxylic acids is 3. The van der Waals surface area contributed by atoms with E-state index in [0.717, 1.165) is 10.4 Å². The van der Waals surface area contributed by atoms with Gasteiger partial charge in [-0.05, 0) is 65.6 Å². The van der Waals surface area contributed by atoms with E-state index in [1.54, 1.807) is 60.7 Å². The van der Waals surface area contributed by atoms with Crippen molar-refractivity contribution in [3.8, 4) is 0 Å². The number of rotatable bonds is 10. The van der Waals surface area contributed by atoms with Crippen LogP contribution in [0.15, 0.2) is 137 Å². The van der Waals surface area contributed by atoms with Crippen LogP contribution in [-0.2, 0) is 9.59 Å². The standard InChI is InChI=1S/C34H26FN3O3S2/c35-28-18-7-8-19-29(28)37-34(41)31(23-11-3-1-4-12-23)43-27-16-9-15-25(21-27)36-33(40)30(22-26-17-10-20-42-26)38-32(39)24-13-5-2-6-14-24/h1-22,31H,(H,36,40)(H,37,41)(H,38,39)/b30-22-. The zero-order valence-electron chi connectivity index (χ0n) is 22.7. The van der Waals surface area contributed by atoms with Crippen molar-refractivity contribution in [2.75, 3.05) is 10.6 Å². The first-order valence-corrected chi connectivity index (χ1v) is 15.0. The predicted molar refractivity (Wildman–Crippen MR) is 171 cm³/mol. The number of anilines is 2. The summed E-state index contributed by atoms with van der Waals surface area (Å²) < 4.78 is 14.3. The quantitative estimate of drug-likeness (QED) is 0.112. The van der Waals surface area contributed by atoms with Gasteiger partial charge in [0.1, 0.15) is 16.8 Å². The van der Waals surface area contributed by atoms with E-state index in [1.165, 1.54) is 35.2 Å². The van der Waals surface area contributed by atoms with E-state index in [-0.39, 0.29) is 17.3 Å². The molecule has 0 radical (unpaired) electrons. The van der Waals surface area contributed by atoms with Crippen LogP contribution in [0.1, 0.15) is 26.0 Å². The second-order valence-electron chi connectivity index (χ2n) is 9.25. The zero-order valence-corrected chi connectivity index (χ0v) is 24.3. The molecule has 0 aliphatic heterocycles. The first-order chi connectivity index (χ1) is 21.0. The third kappa shape index (κ3) is 8.06. The van der Waals surface area contributed by atoms with Crippen LogP contribution in [0.2, 0.25) is 0 Å². The number of thiophene rings is 1. The zero-order chi connectivity index (χ0) is 30.0. The molecule has 43 heavy (non-hydrogen) atoms. The average molecular weight is 608 g/mol. The van der Waals surface area contributed by atoms with E-state index < -0.39 is 22.9 Å². The highest BCUT2D eigenvalue weighted by Gasteiger charge is 2.23. The molecule has 0 aliphatic carbocycles. The van der Waals surface area contributed by atoms with Gasteiger partial charge in [0.15, 0.2) is 0 Å². The lowest BCUT2D eigenvalue weighted by atomic mass is 10.1. The summed E-state index contributed by atoms with van der Waals surface area (Å²) in [6, 6.07) is 34.6. The molecule has 1 aromatic heterocycles. The monoisotopic (exact) mass is 607 g/mol. The number of halogens is 1. The minimum absolute atomic E-state index is 0.0841. The van der Waals surface area contributed by atoms with Crippen LogP contribution < -0.4 is 16.0 Å². The molecule has 0 aliphatic rings. The lowest BCUT2D eigenvalue weighted by Gasteiger charge is -2.18. The summed E-state index contributed by atoms with van der Waals surface area (Å²) in [6.45, 7) is 0. The van der Waals surface area contributed by atoms with Gasteiger partial charge in [-0.1, -0.05) is 72.8 Å². The molecular weight excluding hydrogens is 582 g/mol. The summed E-state index contributed by atoms with van der Waals surface area (Å²) in [4.78, 5) is 41.2. The number of hydrogen-bond acceptors (Lipinski definition) is 5. The summed E-state index contributed by atoms with van der Waals surface area (Å²) in [7, 11) is 0. The van der Waals surface area contributed by atoms with Crippen molar-refractivity contribution >= 4 is 58.3 Å². The fourth-order valence-electron chi connectivity index (χ4n) is 4.10. The molecule has 1 heterocycles. The van der Waals surface area contributed by atoms with Crippen LogP contribution in [0.4, 0.5) is 15.8 Å². The van der Waals surface area contributed by atoms with Gasteiger partial charge in [-0.25, -0.2) is 4.39 Å². The third-order valence-electron chi connectivity index (χ3n) is 6.18. The molecule has 9 heteroatoms. The molecule has 5 aromatic rings. The molecule has 0 spiro atoms. The van der Waals surface area contributed by atoms with Crippen molar-refractivity contribution < 1.29 is 18.8 Å². The molecule has 214 valence electrons. The first-order valence-electron chi connectivity index (χ1n) is 13.3. The summed E-state index contributed by atoms with van der Waals surface area (Å²) in [5.41, 5.74) is 1.81. The molecule has 1 atom stereocenters. The SMILES string of the molecule is O=C(Nc1cccc(SC(C(=O)Nc2ccccc2F)c2ccccc2)c1)/C(=C/c1cccs1)NC(=O)c1ccccc1. The Morgan fingerprint density at radius 3 is 2.21 bits per heavy atom. The van der Waals surface area contributed by atoms with E-state index in [2.05, 4.69) is 16.0 Å². The molecular formula is C34H26FN3O3S2. The van der Waals surface area contributed by atoms with Crippen LogP contribution in [0.3, 0.4) is 0 Å². The van der Waals surface area contributed by atoms with Gasteiger partial charge in [0.25, 0.3) is 11.8 Å². The lowest BCUT2D eigenvalue weighted by molar-refractivity contribution is -0.116. The number of carbonyl (C=O) groups is 3. The molecule has 4 aromatic carbocycles. The number of hydrogen-bond donors (Lipinski definition) is 3. The number of benzene rings is 4. The second-order valence-corrected chi connectivity index (χ2v) is 11.4. The number of para-hydroxylation sites is 1. The Kier molecular flexibility index (Phi) is 9.78. The first kappa shape index (κ1) is 29.5. The average Bonchev–Trinajstić information content (AvgIpc) is 3.55. The minimum atomic E-state index is -0.703. The molecule has 3 amide bonds. The third-order valence-corrected chi connectivity index (χ3v) is 8.24. The molecule has 3 N–H and O–H groups in total. The van der Waals surface area contributed by atoms with Crippen LogP contribution in [-0.4, -0.2) is 17.7 Å². The van der Waals surface area contributed by atoms with E-state index in [4.69, 9.17) is 0 Å². The molecule has 0 fully saturated rings. The van der Waals surface area contributed by atoms with Crippen molar-refractivity contribution in [1.82, 2.24) is 5.32 Å². The molecule has 0 saturated carbocycles. The Balaban J connectivity index is 1.36. The van der Waals surface area contributed by atoms with Gasteiger partial charge in [0.2, 0.25) is 5.91 Å². The summed E-state index contributed by atoms with van der Waals surface area (Å²) in [5.74, 6) is -1.82. The maximum Gasteiger partial charge on any atom is 0.272 e. The van der Waals surface area contributed by atoms with E-state index >= 15 is 0 Å². The second kappa shape index (κ2) is 14.3.